The van der Waals surface area contributed by atoms with Crippen LogP contribution in [0.5, 0.6) is 0 Å². The summed E-state index contributed by atoms with van der Waals surface area (Å²) in [6.07, 6.45) is -14.6. The Hall–Kier alpha value is -3.24. The van der Waals surface area contributed by atoms with E-state index in [0.717, 1.165) is 0 Å². The van der Waals surface area contributed by atoms with E-state index in [-0.39, 0.29) is 48.9 Å². The number of primary amides is 4. The average molecular weight is 808 g/mol. The predicted octanol–water partition coefficient (Wildman–Crippen LogP) is -17.1. The largest absolute Gasteiger partial charge is 3.00 e. The Morgan fingerprint density at radius 3 is 0.425 bits per heavy atom. The molecule has 14 N–H and O–H groups in total. The number of urea groups is 2. The van der Waals surface area contributed by atoms with Gasteiger partial charge in [0.1, 0.15) is 36.6 Å². The molecule has 0 aromatic carbocycles. The number of hydrogen-bond donors (Lipinski definition) is 10. The van der Waals surface area contributed by atoms with Crippen LogP contribution in [0, 0.1) is 0 Å². The van der Waals surface area contributed by atoms with Crippen LogP contribution < -0.4 is 53.6 Å². The van der Waals surface area contributed by atoms with E-state index >= 15 is 0 Å². The molecule has 0 bridgehead atoms. The number of amides is 4. The van der Waals surface area contributed by atoms with E-state index < -0.39 is 84.5 Å². The first kappa shape index (κ1) is 53.1. The van der Waals surface area contributed by atoms with Gasteiger partial charge < -0.3 is 113 Å². The number of aliphatic hydroxyl groups is 6. The van der Waals surface area contributed by atoms with Gasteiger partial charge >= 0.3 is 60.9 Å². The molecule has 0 heterocycles. The zero-order chi connectivity index (χ0) is 32.1. The van der Waals surface area contributed by atoms with Crippen LogP contribution in [0.2, 0.25) is 0 Å². The fourth-order valence-corrected chi connectivity index (χ4v) is 0.773. The van der Waals surface area contributed by atoms with Gasteiger partial charge in [0.25, 0.3) is 0 Å². The summed E-state index contributed by atoms with van der Waals surface area (Å²) in [4.78, 5) is 75.8. The summed E-state index contributed by atoms with van der Waals surface area (Å²) in [6, 6.07) is -1.67. The van der Waals surface area contributed by atoms with Crippen LogP contribution in [0.3, 0.4) is 0 Å². The first-order valence-electron chi connectivity index (χ1n) is 8.29. The molecular formula is C14H20N4O20Sb2. The van der Waals surface area contributed by atoms with Crippen LogP contribution in [0.4, 0.5) is 9.59 Å². The van der Waals surface area contributed by atoms with Crippen molar-refractivity contribution < 1.29 is 99.6 Å². The van der Waals surface area contributed by atoms with Gasteiger partial charge in [-0.3, -0.25) is 0 Å². The molecule has 0 aliphatic heterocycles. The topological polar surface area (TPSA) is 500 Å². The van der Waals surface area contributed by atoms with Crippen LogP contribution in [0.25, 0.3) is 0 Å². The first-order valence-corrected chi connectivity index (χ1v) is 8.29. The summed E-state index contributed by atoms with van der Waals surface area (Å²) >= 11 is 0. The van der Waals surface area contributed by atoms with Crippen molar-refractivity contribution in [2.45, 2.75) is 36.6 Å². The average Bonchev–Trinajstić information content (AvgIpc) is 2.75. The Balaban J connectivity index is -0.0000000704. The van der Waals surface area contributed by atoms with Crippen molar-refractivity contribution in [3.63, 3.8) is 0 Å². The second kappa shape index (κ2) is 28.8. The molecular weight excluding hydrogens is 788 g/mol. The van der Waals surface area contributed by atoms with Crippen LogP contribution >= 0.6 is 0 Å². The van der Waals surface area contributed by atoms with E-state index in [1.807, 2.05) is 0 Å². The number of hydrogen-bond acceptors (Lipinski definition) is 20. The molecule has 4 amide bonds. The molecule has 24 nitrogen and oxygen atoms in total. The number of nitrogens with two attached hydrogens (primary N) is 4. The molecule has 0 saturated heterocycles. The molecule has 0 aromatic rings. The van der Waals surface area contributed by atoms with E-state index in [2.05, 4.69) is 22.9 Å². The summed E-state index contributed by atoms with van der Waals surface area (Å²) in [5.74, 6) is -12.4. The minimum atomic E-state index is -2.44. The van der Waals surface area contributed by atoms with Gasteiger partial charge in [-0.1, -0.05) is 0 Å². The molecule has 0 spiro atoms. The molecule has 0 aromatic heterocycles. The fraction of sp³-hybridized carbons (Fsp3) is 0.429. The standard InChI is InChI=1S/3C4H6O6.2CH4N2O.2Sb/c3*5-1(3(7)8)2(6)4(9)10;2*2-1(3)4;;/h3*1-2,5-6H,(H,7,8)(H,9,10);2*(H4,2,3,4);;/q;;;;;2*+3/p-6/t3*1-,2-;;;;/m111..../s1. The summed E-state index contributed by atoms with van der Waals surface area (Å²) < 4.78 is 0. The monoisotopic (exact) mass is 806 g/mol. The molecule has 226 valence electrons. The third kappa shape index (κ3) is 36.9. The van der Waals surface area contributed by atoms with E-state index in [4.69, 9.17) is 40.2 Å². The molecule has 0 aliphatic carbocycles. The van der Waals surface area contributed by atoms with E-state index in [1.165, 1.54) is 0 Å². The van der Waals surface area contributed by atoms with Gasteiger partial charge in [-0.25, -0.2) is 9.59 Å². The second-order valence-corrected chi connectivity index (χ2v) is 5.39. The maximum Gasteiger partial charge on any atom is 3.00 e. The Morgan fingerprint density at radius 1 is 0.350 bits per heavy atom. The molecule has 6 atom stereocenters. The number of rotatable bonds is 9. The Labute approximate surface area is 255 Å². The number of carbonyl (C=O) groups excluding carboxylic acids is 8. The van der Waals surface area contributed by atoms with Gasteiger partial charge in [-0.2, -0.15) is 0 Å². The van der Waals surface area contributed by atoms with Crippen LogP contribution in [0.15, 0.2) is 0 Å². The van der Waals surface area contributed by atoms with Gasteiger partial charge in [0.2, 0.25) is 0 Å². The third-order valence-corrected chi connectivity index (χ3v) is 2.35. The maximum absolute atomic E-state index is 9.63. The normalized spacial score (nSPS) is 13.1. The molecule has 0 rings (SSSR count). The number of carboxylic acid groups (broad SMARTS) is 6. The van der Waals surface area contributed by atoms with E-state index in [9.17, 15) is 59.4 Å². The molecule has 0 fully saturated rings. The summed E-state index contributed by atoms with van der Waals surface area (Å²) in [6.45, 7) is 0. The quantitative estimate of drug-likeness (QED) is 0.0967. The van der Waals surface area contributed by atoms with E-state index in [1.54, 1.807) is 0 Å². The third-order valence-electron chi connectivity index (χ3n) is 2.35. The molecule has 0 aliphatic rings. The second-order valence-electron chi connectivity index (χ2n) is 5.39. The number of carboxylic acids is 6. The molecule has 0 saturated carbocycles. The number of aliphatic hydroxyl groups excluding tert-OH is 6. The number of carbonyl (C=O) groups is 8. The SMILES string of the molecule is NC(N)=O.NC(N)=O.O=C([O-])[C@H](O)[C@@H](O)C(=O)[O-].O=C([O-])[C@H](O)[C@@H](O)C(=O)[O-].O=C([O-])[C@H](O)[C@@H](O)C(=O)[O-].[Sb+3].[Sb+3]. The van der Waals surface area contributed by atoms with E-state index in [0.29, 0.717) is 0 Å². The summed E-state index contributed by atoms with van der Waals surface area (Å²) in [7, 11) is 0. The molecule has 26 heteroatoms. The molecule has 40 heavy (non-hydrogen) atoms. The van der Waals surface area contributed by atoms with Crippen LogP contribution in [-0.4, -0.2) is 164 Å². The minimum absolute atomic E-state index is 0. The van der Waals surface area contributed by atoms with Crippen molar-refractivity contribution in [1.82, 2.24) is 0 Å². The van der Waals surface area contributed by atoms with Crippen LogP contribution in [0.1, 0.15) is 0 Å². The van der Waals surface area contributed by atoms with Crippen molar-refractivity contribution in [3.8, 4) is 0 Å². The zero-order valence-electron chi connectivity index (χ0n) is 19.1. The summed E-state index contributed by atoms with van der Waals surface area (Å²) in [5.41, 5.74) is 17.0. The minimum Gasteiger partial charge on any atom is -0.547 e. The molecule has 4 radical (unpaired) electrons. The zero-order valence-corrected chi connectivity index (χ0v) is 24.2. The first-order chi connectivity index (χ1) is 16.9. The van der Waals surface area contributed by atoms with Crippen molar-refractivity contribution in [3.05, 3.63) is 0 Å². The smallest absolute Gasteiger partial charge is 0.547 e. The molecule has 0 unspecified atom stereocenters. The van der Waals surface area contributed by atoms with Gasteiger partial charge in [-0.15, -0.1) is 0 Å². The van der Waals surface area contributed by atoms with Crippen molar-refractivity contribution in [1.29, 1.82) is 0 Å². The predicted molar refractivity (Wildman–Crippen MR) is 105 cm³/mol. The fourth-order valence-electron chi connectivity index (χ4n) is 0.773. The van der Waals surface area contributed by atoms with Gasteiger partial charge in [0.15, 0.2) is 0 Å². The Kier molecular flexibility index (Phi) is 38.2. The Morgan fingerprint density at radius 2 is 0.400 bits per heavy atom. The van der Waals surface area contributed by atoms with Crippen molar-refractivity contribution in [2.75, 3.05) is 0 Å². The maximum atomic E-state index is 9.63. The van der Waals surface area contributed by atoms with Gasteiger partial charge in [0.05, 0.1) is 35.8 Å². The summed E-state index contributed by atoms with van der Waals surface area (Å²) in [5, 5.41) is 107. The van der Waals surface area contributed by atoms with Crippen LogP contribution in [-0.2, 0) is 28.8 Å². The Bertz CT molecular complexity index is 669. The number of aliphatic carboxylic acids is 6. The van der Waals surface area contributed by atoms with Gasteiger partial charge in [-0.05, 0) is 0 Å². The van der Waals surface area contributed by atoms with Gasteiger partial charge in [0, 0.05) is 0 Å². The van der Waals surface area contributed by atoms with Crippen molar-refractivity contribution >= 4 is 96.7 Å². The van der Waals surface area contributed by atoms with Crippen molar-refractivity contribution in [2.24, 2.45) is 22.9 Å².